The molecule has 0 unspecified atom stereocenters. The number of nitrogens with one attached hydrogen (secondary N) is 1. The normalized spacial score (nSPS) is 17.5. The van der Waals surface area contributed by atoms with Crippen LogP contribution in [0.25, 0.3) is 0 Å². The van der Waals surface area contributed by atoms with Gasteiger partial charge in [0.05, 0.1) is 7.11 Å². The van der Waals surface area contributed by atoms with Gasteiger partial charge in [0.2, 0.25) is 5.91 Å². The van der Waals surface area contributed by atoms with Gasteiger partial charge in [-0.2, -0.15) is 0 Å². The van der Waals surface area contributed by atoms with Crippen molar-refractivity contribution in [3.8, 4) is 5.75 Å². The molecule has 0 aromatic heterocycles. The van der Waals surface area contributed by atoms with E-state index in [1.807, 2.05) is 34.1 Å². The minimum Gasteiger partial charge on any atom is -0.497 e. The first kappa shape index (κ1) is 25.2. The van der Waals surface area contributed by atoms with E-state index in [0.29, 0.717) is 42.8 Å². The van der Waals surface area contributed by atoms with Crippen molar-refractivity contribution in [1.82, 2.24) is 15.1 Å². The van der Waals surface area contributed by atoms with E-state index in [1.54, 1.807) is 31.4 Å². The topological polar surface area (TPSA) is 79.0 Å². The smallest absolute Gasteiger partial charge is 0.253 e. The van der Waals surface area contributed by atoms with E-state index in [-0.39, 0.29) is 23.6 Å². The number of amides is 3. The molecule has 0 bridgehead atoms. The molecule has 2 heterocycles. The van der Waals surface area contributed by atoms with Crippen molar-refractivity contribution in [3.63, 3.8) is 0 Å². The number of methoxy groups -OCH3 is 1. The average molecular weight is 542 g/mol. The second-order valence-electron chi connectivity index (χ2n) is 9.21. The Hall–Kier alpha value is -2.87. The number of carbonyl (C=O) groups is 3. The second-order valence-corrected chi connectivity index (χ2v) is 10.1. The van der Waals surface area contributed by atoms with Crippen molar-refractivity contribution in [1.29, 1.82) is 0 Å². The molecule has 0 aliphatic carbocycles. The number of rotatable bonds is 6. The van der Waals surface area contributed by atoms with Crippen LogP contribution in [0.2, 0.25) is 0 Å². The zero-order chi connectivity index (χ0) is 24.8. The molecule has 35 heavy (non-hydrogen) atoms. The van der Waals surface area contributed by atoms with Gasteiger partial charge in [0.15, 0.2) is 0 Å². The van der Waals surface area contributed by atoms with Crippen LogP contribution in [-0.4, -0.2) is 66.9 Å². The summed E-state index contributed by atoms with van der Waals surface area (Å²) >= 11 is 3.43. The Bertz CT molecular complexity index is 1040. The lowest BCUT2D eigenvalue weighted by Crippen LogP contribution is -2.55. The fourth-order valence-corrected chi connectivity index (χ4v) is 5.30. The van der Waals surface area contributed by atoms with Crippen LogP contribution in [-0.2, 0) is 4.79 Å². The summed E-state index contributed by atoms with van der Waals surface area (Å²) in [6.45, 7) is 2.57. The molecule has 8 heteroatoms. The first-order valence-corrected chi connectivity index (χ1v) is 13.0. The second kappa shape index (κ2) is 11.7. The number of likely N-dealkylation sites (tertiary alicyclic amines) is 2. The maximum Gasteiger partial charge on any atom is 0.253 e. The molecule has 2 aliphatic rings. The van der Waals surface area contributed by atoms with Crippen molar-refractivity contribution < 1.29 is 19.1 Å². The number of hydrogen-bond acceptors (Lipinski definition) is 4. The van der Waals surface area contributed by atoms with Crippen molar-refractivity contribution >= 4 is 33.7 Å². The Morgan fingerprint density at radius 1 is 0.914 bits per heavy atom. The van der Waals surface area contributed by atoms with Gasteiger partial charge in [0, 0.05) is 41.8 Å². The van der Waals surface area contributed by atoms with Gasteiger partial charge >= 0.3 is 0 Å². The third-order valence-electron chi connectivity index (χ3n) is 6.94. The van der Waals surface area contributed by atoms with Crippen molar-refractivity contribution in [2.45, 2.75) is 38.1 Å². The highest BCUT2D eigenvalue weighted by Crippen LogP contribution is 2.25. The molecule has 2 aromatic rings. The summed E-state index contributed by atoms with van der Waals surface area (Å²) in [5.41, 5.74) is 1.14. The minimum absolute atomic E-state index is 0.00840. The molecule has 2 fully saturated rings. The number of carbonyl (C=O) groups excluding carboxylic acids is 3. The van der Waals surface area contributed by atoms with Gasteiger partial charge in [-0.05, 0) is 80.5 Å². The van der Waals surface area contributed by atoms with E-state index in [1.165, 1.54) is 0 Å². The zero-order valence-corrected chi connectivity index (χ0v) is 21.6. The number of nitrogens with zero attached hydrogens (tertiary/aromatic N) is 2. The third-order valence-corrected chi connectivity index (χ3v) is 7.44. The first-order valence-electron chi connectivity index (χ1n) is 12.2. The van der Waals surface area contributed by atoms with Crippen LogP contribution < -0.4 is 10.1 Å². The molecule has 2 saturated heterocycles. The Labute approximate surface area is 214 Å². The molecule has 1 atom stereocenters. The van der Waals surface area contributed by atoms with Crippen LogP contribution in [0.5, 0.6) is 5.75 Å². The Morgan fingerprint density at radius 3 is 2.23 bits per heavy atom. The Kier molecular flexibility index (Phi) is 8.44. The van der Waals surface area contributed by atoms with Gasteiger partial charge in [-0.1, -0.05) is 22.0 Å². The van der Waals surface area contributed by atoms with Crippen LogP contribution in [0.15, 0.2) is 53.0 Å². The standard InChI is InChI=1S/C27H32BrN3O4/c1-35-23-10-8-20(9-11-23)25(32)29-24(27(34)30-14-3-2-4-15-30)19-12-16-31(17-13-19)26(33)21-6-5-7-22(28)18-21/h5-11,18-19,24H,2-4,12-17H2,1H3,(H,29,32)/t24-/m0/s1. The van der Waals surface area contributed by atoms with Crippen LogP contribution in [0.1, 0.15) is 52.8 Å². The van der Waals surface area contributed by atoms with Gasteiger partial charge in [0.1, 0.15) is 11.8 Å². The van der Waals surface area contributed by atoms with Crippen LogP contribution in [0, 0.1) is 5.92 Å². The molecular weight excluding hydrogens is 510 g/mol. The molecule has 0 spiro atoms. The summed E-state index contributed by atoms with van der Waals surface area (Å²) in [6, 6.07) is 13.7. The molecule has 4 rings (SSSR count). The van der Waals surface area contributed by atoms with Gasteiger partial charge in [-0.25, -0.2) is 0 Å². The Morgan fingerprint density at radius 2 is 1.60 bits per heavy atom. The van der Waals surface area contributed by atoms with E-state index in [4.69, 9.17) is 4.74 Å². The fourth-order valence-electron chi connectivity index (χ4n) is 4.90. The zero-order valence-electron chi connectivity index (χ0n) is 20.0. The van der Waals surface area contributed by atoms with E-state index in [2.05, 4.69) is 21.2 Å². The lowest BCUT2D eigenvalue weighted by Gasteiger charge is -2.38. The highest BCUT2D eigenvalue weighted by atomic mass is 79.9. The van der Waals surface area contributed by atoms with E-state index >= 15 is 0 Å². The van der Waals surface area contributed by atoms with Crippen molar-refractivity contribution in [2.24, 2.45) is 5.92 Å². The molecule has 2 aromatic carbocycles. The summed E-state index contributed by atoms with van der Waals surface area (Å²) < 4.78 is 6.05. The minimum atomic E-state index is -0.606. The van der Waals surface area contributed by atoms with Crippen molar-refractivity contribution in [3.05, 3.63) is 64.1 Å². The predicted octanol–water partition coefficient (Wildman–Crippen LogP) is 4.12. The number of hydrogen-bond donors (Lipinski definition) is 1. The third kappa shape index (κ3) is 6.23. The average Bonchev–Trinajstić information content (AvgIpc) is 2.91. The number of halogens is 1. The lowest BCUT2D eigenvalue weighted by molar-refractivity contribution is -0.136. The highest BCUT2D eigenvalue weighted by molar-refractivity contribution is 9.10. The summed E-state index contributed by atoms with van der Waals surface area (Å²) in [7, 11) is 1.58. The summed E-state index contributed by atoms with van der Waals surface area (Å²) in [4.78, 5) is 43.3. The molecule has 7 nitrogen and oxygen atoms in total. The molecular formula is C27H32BrN3O4. The fraction of sp³-hybridized carbons (Fsp3) is 0.444. The summed E-state index contributed by atoms with van der Waals surface area (Å²) in [5.74, 6) is 0.355. The Balaban J connectivity index is 1.46. The summed E-state index contributed by atoms with van der Waals surface area (Å²) in [5, 5.41) is 3.04. The summed E-state index contributed by atoms with van der Waals surface area (Å²) in [6.07, 6.45) is 4.43. The van der Waals surface area contributed by atoms with E-state index < -0.39 is 6.04 Å². The van der Waals surface area contributed by atoms with Crippen LogP contribution in [0.4, 0.5) is 0 Å². The van der Waals surface area contributed by atoms with E-state index in [9.17, 15) is 14.4 Å². The maximum absolute atomic E-state index is 13.5. The highest BCUT2D eigenvalue weighted by Gasteiger charge is 2.36. The largest absolute Gasteiger partial charge is 0.497 e. The molecule has 0 radical (unpaired) electrons. The van der Waals surface area contributed by atoms with E-state index in [0.717, 1.165) is 36.8 Å². The lowest BCUT2D eigenvalue weighted by atomic mass is 9.87. The van der Waals surface area contributed by atoms with Gasteiger partial charge in [-0.15, -0.1) is 0 Å². The number of piperidine rings is 2. The number of benzene rings is 2. The molecule has 3 amide bonds. The number of ether oxygens (including phenoxy) is 1. The van der Waals surface area contributed by atoms with Gasteiger partial charge in [-0.3, -0.25) is 14.4 Å². The van der Waals surface area contributed by atoms with Crippen molar-refractivity contribution in [2.75, 3.05) is 33.3 Å². The van der Waals surface area contributed by atoms with Gasteiger partial charge < -0.3 is 19.9 Å². The van der Waals surface area contributed by atoms with Crippen LogP contribution >= 0.6 is 15.9 Å². The maximum atomic E-state index is 13.5. The molecule has 186 valence electrons. The monoisotopic (exact) mass is 541 g/mol. The first-order chi connectivity index (χ1) is 17.0. The molecule has 2 aliphatic heterocycles. The molecule has 0 saturated carbocycles. The van der Waals surface area contributed by atoms with Gasteiger partial charge in [0.25, 0.3) is 11.8 Å². The molecule has 1 N–H and O–H groups in total. The van der Waals surface area contributed by atoms with Crippen LogP contribution in [0.3, 0.4) is 0 Å². The predicted molar refractivity (Wildman–Crippen MR) is 137 cm³/mol. The quantitative estimate of drug-likeness (QED) is 0.596. The SMILES string of the molecule is COc1ccc(C(=O)N[C@H](C(=O)N2CCCCC2)C2CCN(C(=O)c3cccc(Br)c3)CC2)cc1.